The molecule has 2 aromatic carbocycles. The van der Waals surface area contributed by atoms with Crippen LogP contribution in [-0.4, -0.2) is 41.2 Å². The Balaban J connectivity index is 1.52. The van der Waals surface area contributed by atoms with Crippen LogP contribution in [0.5, 0.6) is 0 Å². The Morgan fingerprint density at radius 1 is 1.14 bits per heavy atom. The highest BCUT2D eigenvalue weighted by Gasteiger charge is 2.22. The summed E-state index contributed by atoms with van der Waals surface area (Å²) in [4.78, 5) is 16.8. The molecule has 2 heterocycles. The largest absolute Gasteiger partial charge is 0.480 e. The van der Waals surface area contributed by atoms with E-state index in [2.05, 4.69) is 28.0 Å². The van der Waals surface area contributed by atoms with Crippen LogP contribution in [0.1, 0.15) is 47.6 Å². The van der Waals surface area contributed by atoms with E-state index >= 15 is 0 Å². The van der Waals surface area contributed by atoms with Gasteiger partial charge in [0, 0.05) is 35.0 Å². The molecule has 8 heteroatoms. The number of nitrogens with two attached hydrogens (primary N) is 1. The first-order chi connectivity index (χ1) is 17.0. The number of amides is 1. The SMILES string of the molecule is COC1=NNC(c2cccc3c(-c4ccc(C(N)=O)c(NC5CCC(O)CC5)c4)nccc23)C=C1. The van der Waals surface area contributed by atoms with Crippen LogP contribution in [0.15, 0.2) is 65.9 Å². The molecule has 5 rings (SSSR count). The summed E-state index contributed by atoms with van der Waals surface area (Å²) >= 11 is 0. The topological polar surface area (TPSA) is 122 Å². The van der Waals surface area contributed by atoms with Gasteiger partial charge in [0.2, 0.25) is 5.90 Å². The minimum atomic E-state index is -0.478. The lowest BCUT2D eigenvalue weighted by atomic mass is 9.92. The second-order valence-electron chi connectivity index (χ2n) is 9.00. The van der Waals surface area contributed by atoms with Gasteiger partial charge in [-0.3, -0.25) is 15.2 Å². The minimum absolute atomic E-state index is 0.0935. The number of nitrogens with one attached hydrogen (secondary N) is 2. The Morgan fingerprint density at radius 2 is 1.97 bits per heavy atom. The van der Waals surface area contributed by atoms with Crippen LogP contribution in [0.4, 0.5) is 5.69 Å². The number of hydrogen-bond acceptors (Lipinski definition) is 7. The van der Waals surface area contributed by atoms with Crippen LogP contribution in [0.3, 0.4) is 0 Å². The Bertz CT molecular complexity index is 1310. The van der Waals surface area contributed by atoms with Gasteiger partial charge in [-0.2, -0.15) is 0 Å². The maximum atomic E-state index is 12.1. The predicted octanol–water partition coefficient (Wildman–Crippen LogP) is 3.88. The number of methoxy groups -OCH3 is 1. The standard InChI is InChI=1S/C27H29N5O3/c1-35-25-12-11-23(31-32-25)20-3-2-4-21-19(20)13-14-29-26(21)16-5-10-22(27(28)34)24(15-16)30-17-6-8-18(33)9-7-17/h2-5,10-15,17-18,23,30-31,33H,6-9H2,1H3,(H2,28,34). The van der Waals surface area contributed by atoms with E-state index in [0.717, 1.165) is 53.3 Å². The number of nitrogens with zero attached hydrogens (tertiary/aromatic N) is 2. The molecule has 0 saturated heterocycles. The summed E-state index contributed by atoms with van der Waals surface area (Å²) in [6, 6.07) is 13.8. The van der Waals surface area contributed by atoms with Gasteiger partial charge in [0.1, 0.15) is 0 Å². The number of anilines is 1. The number of benzene rings is 2. The molecular weight excluding hydrogens is 442 g/mol. The Labute approximate surface area is 203 Å². The highest BCUT2D eigenvalue weighted by Crippen LogP contribution is 2.34. The molecule has 1 amide bonds. The predicted molar refractivity (Wildman–Crippen MR) is 137 cm³/mol. The summed E-state index contributed by atoms with van der Waals surface area (Å²) in [5.74, 6) is 0.0556. The Kier molecular flexibility index (Phi) is 6.37. The van der Waals surface area contributed by atoms with E-state index in [1.807, 2.05) is 36.4 Å². The van der Waals surface area contributed by atoms with Crippen molar-refractivity contribution in [3.8, 4) is 11.3 Å². The molecule has 0 spiro atoms. The monoisotopic (exact) mass is 471 g/mol. The fourth-order valence-electron chi connectivity index (χ4n) is 4.88. The van der Waals surface area contributed by atoms with Crippen LogP contribution in [0.25, 0.3) is 22.0 Å². The van der Waals surface area contributed by atoms with Gasteiger partial charge in [0.05, 0.1) is 30.5 Å². The van der Waals surface area contributed by atoms with Crippen molar-refractivity contribution in [1.82, 2.24) is 10.4 Å². The van der Waals surface area contributed by atoms with E-state index in [1.165, 1.54) is 0 Å². The average molecular weight is 472 g/mol. The van der Waals surface area contributed by atoms with E-state index < -0.39 is 5.91 Å². The van der Waals surface area contributed by atoms with Crippen molar-refractivity contribution in [3.63, 3.8) is 0 Å². The van der Waals surface area contributed by atoms with Gasteiger partial charge >= 0.3 is 0 Å². The third-order valence-electron chi connectivity index (χ3n) is 6.74. The zero-order valence-corrected chi connectivity index (χ0v) is 19.6. The molecule has 1 aliphatic carbocycles. The van der Waals surface area contributed by atoms with E-state index in [0.29, 0.717) is 17.1 Å². The molecule has 1 saturated carbocycles. The summed E-state index contributed by atoms with van der Waals surface area (Å²) in [5, 5.41) is 19.7. The number of rotatable bonds is 5. The molecule has 1 aliphatic heterocycles. The van der Waals surface area contributed by atoms with E-state index in [1.54, 1.807) is 19.4 Å². The van der Waals surface area contributed by atoms with Crippen molar-refractivity contribution in [1.29, 1.82) is 0 Å². The van der Waals surface area contributed by atoms with Gasteiger partial charge in [-0.25, -0.2) is 0 Å². The van der Waals surface area contributed by atoms with Crippen molar-refractivity contribution in [2.45, 2.75) is 43.9 Å². The number of aliphatic hydroxyl groups is 1. The summed E-state index contributed by atoms with van der Waals surface area (Å²) in [7, 11) is 1.59. The molecule has 0 bridgehead atoms. The third-order valence-corrected chi connectivity index (χ3v) is 6.74. The fourth-order valence-corrected chi connectivity index (χ4v) is 4.88. The van der Waals surface area contributed by atoms with Crippen molar-refractivity contribution in [2.24, 2.45) is 10.8 Å². The number of hydrogen-bond donors (Lipinski definition) is 4. The lowest BCUT2D eigenvalue weighted by molar-refractivity contribution is 0.100. The molecule has 5 N–H and O–H groups in total. The molecule has 1 aromatic heterocycles. The number of primary amides is 1. The highest BCUT2D eigenvalue weighted by atomic mass is 16.5. The maximum Gasteiger partial charge on any atom is 0.250 e. The molecule has 180 valence electrons. The van der Waals surface area contributed by atoms with Crippen molar-refractivity contribution >= 4 is 28.3 Å². The average Bonchev–Trinajstić information content (AvgIpc) is 2.89. The summed E-state index contributed by atoms with van der Waals surface area (Å²) in [6.07, 6.45) is 8.61. The second-order valence-corrected chi connectivity index (χ2v) is 9.00. The van der Waals surface area contributed by atoms with Crippen LogP contribution in [0, 0.1) is 0 Å². The maximum absolute atomic E-state index is 12.1. The van der Waals surface area contributed by atoms with Crippen molar-refractivity contribution < 1.29 is 14.6 Å². The number of ether oxygens (including phenoxy) is 1. The number of aromatic nitrogens is 1. The van der Waals surface area contributed by atoms with Gasteiger partial charge in [-0.05, 0) is 54.8 Å². The molecule has 1 unspecified atom stereocenters. The zero-order valence-electron chi connectivity index (χ0n) is 19.6. The van der Waals surface area contributed by atoms with Crippen LogP contribution >= 0.6 is 0 Å². The highest BCUT2D eigenvalue weighted by molar-refractivity contribution is 6.01. The van der Waals surface area contributed by atoms with Crippen LogP contribution < -0.4 is 16.5 Å². The number of hydrazone groups is 1. The van der Waals surface area contributed by atoms with Crippen LogP contribution in [0.2, 0.25) is 0 Å². The lowest BCUT2D eigenvalue weighted by Crippen LogP contribution is -2.29. The number of aliphatic hydroxyl groups excluding tert-OH is 1. The fraction of sp³-hybridized carbons (Fsp3) is 0.296. The number of carbonyl (C=O) groups excluding carboxylic acids is 1. The molecule has 8 nitrogen and oxygen atoms in total. The van der Waals surface area contributed by atoms with Gasteiger partial charge in [0.25, 0.3) is 5.91 Å². The molecule has 1 atom stereocenters. The van der Waals surface area contributed by atoms with Gasteiger partial charge in [-0.1, -0.05) is 30.3 Å². The molecule has 35 heavy (non-hydrogen) atoms. The summed E-state index contributed by atoms with van der Waals surface area (Å²) in [5.41, 5.74) is 12.8. The smallest absolute Gasteiger partial charge is 0.250 e. The van der Waals surface area contributed by atoms with Gasteiger partial charge < -0.3 is 20.9 Å². The van der Waals surface area contributed by atoms with E-state index in [-0.39, 0.29) is 18.2 Å². The summed E-state index contributed by atoms with van der Waals surface area (Å²) < 4.78 is 5.18. The first kappa shape index (κ1) is 22.9. The normalized spacial score (nSPS) is 21.8. The van der Waals surface area contributed by atoms with Gasteiger partial charge in [-0.15, -0.1) is 5.10 Å². The minimum Gasteiger partial charge on any atom is -0.480 e. The zero-order chi connectivity index (χ0) is 24.4. The number of fused-ring (bicyclic) bond motifs is 1. The second kappa shape index (κ2) is 9.76. The Hall–Kier alpha value is -3.91. The summed E-state index contributed by atoms with van der Waals surface area (Å²) in [6.45, 7) is 0. The molecule has 0 radical (unpaired) electrons. The first-order valence-electron chi connectivity index (χ1n) is 11.9. The lowest BCUT2D eigenvalue weighted by Gasteiger charge is -2.28. The van der Waals surface area contributed by atoms with Gasteiger partial charge in [0.15, 0.2) is 0 Å². The van der Waals surface area contributed by atoms with E-state index in [9.17, 15) is 9.90 Å². The molecule has 1 fully saturated rings. The number of carbonyl (C=O) groups is 1. The molecule has 2 aliphatic rings. The van der Waals surface area contributed by atoms with Crippen molar-refractivity contribution in [2.75, 3.05) is 12.4 Å². The molecular formula is C27H29N5O3. The molecule has 3 aromatic rings. The Morgan fingerprint density at radius 3 is 2.69 bits per heavy atom. The first-order valence-corrected chi connectivity index (χ1v) is 11.9. The van der Waals surface area contributed by atoms with Crippen LogP contribution in [-0.2, 0) is 4.74 Å². The quantitative estimate of drug-likeness (QED) is 0.448. The van der Waals surface area contributed by atoms with E-state index in [4.69, 9.17) is 15.5 Å². The third kappa shape index (κ3) is 4.70. The van der Waals surface area contributed by atoms with Crippen molar-refractivity contribution in [3.05, 3.63) is 71.9 Å². The number of pyridine rings is 1.